The third-order valence-corrected chi connectivity index (χ3v) is 5.28. The van der Waals surface area contributed by atoms with Crippen LogP contribution in [-0.2, 0) is 4.79 Å². The highest BCUT2D eigenvalue weighted by atomic mass is 35.5. The lowest BCUT2D eigenvalue weighted by atomic mass is 10.1. The zero-order valence-corrected chi connectivity index (χ0v) is 15.7. The summed E-state index contributed by atoms with van der Waals surface area (Å²) in [6.45, 7) is 4.97. The van der Waals surface area contributed by atoms with Gasteiger partial charge in [0, 0.05) is 9.92 Å². The van der Waals surface area contributed by atoms with E-state index in [-0.39, 0.29) is 17.2 Å². The fraction of sp³-hybridized carbons (Fsp3) is 0.316. The van der Waals surface area contributed by atoms with Crippen LogP contribution in [0, 0.1) is 0 Å². The highest BCUT2D eigenvalue weighted by molar-refractivity contribution is 8.00. The summed E-state index contributed by atoms with van der Waals surface area (Å²) in [5.74, 6) is 1.47. The second-order valence-corrected chi connectivity index (χ2v) is 7.70. The molecule has 25 heavy (non-hydrogen) atoms. The van der Waals surface area contributed by atoms with Crippen LogP contribution >= 0.6 is 23.4 Å². The first-order valence-electron chi connectivity index (χ1n) is 8.15. The van der Waals surface area contributed by atoms with E-state index in [0.29, 0.717) is 18.2 Å². The number of carbonyl (C=O) groups is 1. The van der Waals surface area contributed by atoms with Crippen LogP contribution in [0.2, 0.25) is 5.02 Å². The Balaban J connectivity index is 1.60. The van der Waals surface area contributed by atoms with Crippen molar-refractivity contribution in [3.8, 4) is 11.5 Å². The first-order valence-corrected chi connectivity index (χ1v) is 9.41. The maximum absolute atomic E-state index is 12.5. The minimum absolute atomic E-state index is 0.0117. The zero-order chi connectivity index (χ0) is 17.8. The fourth-order valence-electron chi connectivity index (χ4n) is 2.51. The van der Waals surface area contributed by atoms with Gasteiger partial charge in [-0.2, -0.15) is 0 Å². The van der Waals surface area contributed by atoms with Crippen LogP contribution in [0.15, 0.2) is 47.4 Å². The molecule has 1 N–H and O–H groups in total. The van der Waals surface area contributed by atoms with Crippen molar-refractivity contribution < 1.29 is 14.3 Å². The normalized spacial score (nSPS) is 15.3. The number of thioether (sulfide) groups is 1. The molecule has 0 saturated carbocycles. The summed E-state index contributed by atoms with van der Waals surface area (Å²) in [5.41, 5.74) is 0.987. The third-order valence-electron chi connectivity index (χ3n) is 3.92. The molecule has 2 atom stereocenters. The standard InChI is InChI=1S/C19H20ClNO3S/c1-12(14-3-8-17-18(11-14)24-10-9-23-17)21-19(22)13(2)25-16-6-4-15(20)5-7-16/h3-8,11-13H,9-10H2,1-2H3,(H,21,22)/t12-,13+/m1/s1. The Morgan fingerprint density at radius 1 is 1.08 bits per heavy atom. The molecule has 1 aliphatic rings. The van der Waals surface area contributed by atoms with Crippen molar-refractivity contribution in [2.24, 2.45) is 0 Å². The van der Waals surface area contributed by atoms with E-state index in [1.807, 2.05) is 56.3 Å². The molecule has 2 aromatic rings. The predicted octanol–water partition coefficient (Wildman–Crippen LogP) is 4.47. The quantitative estimate of drug-likeness (QED) is 0.781. The number of fused-ring (bicyclic) bond motifs is 1. The van der Waals surface area contributed by atoms with Crippen LogP contribution in [0.3, 0.4) is 0 Å². The molecule has 1 aliphatic heterocycles. The topological polar surface area (TPSA) is 47.6 Å². The number of ether oxygens (including phenoxy) is 2. The fourth-order valence-corrected chi connectivity index (χ4v) is 3.52. The van der Waals surface area contributed by atoms with Crippen LogP contribution in [0.4, 0.5) is 0 Å². The molecule has 1 amide bonds. The van der Waals surface area contributed by atoms with E-state index >= 15 is 0 Å². The first-order chi connectivity index (χ1) is 12.0. The van der Waals surface area contributed by atoms with E-state index in [4.69, 9.17) is 21.1 Å². The minimum Gasteiger partial charge on any atom is -0.486 e. The van der Waals surface area contributed by atoms with Gasteiger partial charge in [-0.05, 0) is 55.8 Å². The lowest BCUT2D eigenvalue weighted by molar-refractivity contribution is -0.120. The molecule has 0 fully saturated rings. The van der Waals surface area contributed by atoms with Crippen molar-refractivity contribution >= 4 is 29.3 Å². The zero-order valence-electron chi connectivity index (χ0n) is 14.1. The molecule has 0 bridgehead atoms. The minimum atomic E-state index is -0.208. The second kappa shape index (κ2) is 8.02. The summed E-state index contributed by atoms with van der Waals surface area (Å²) in [5, 5.41) is 3.53. The van der Waals surface area contributed by atoms with Crippen LogP contribution in [0.25, 0.3) is 0 Å². The molecule has 6 heteroatoms. The van der Waals surface area contributed by atoms with Gasteiger partial charge in [-0.3, -0.25) is 4.79 Å². The van der Waals surface area contributed by atoms with Gasteiger partial charge in [0.1, 0.15) is 13.2 Å². The maximum Gasteiger partial charge on any atom is 0.233 e. The monoisotopic (exact) mass is 377 g/mol. The highest BCUT2D eigenvalue weighted by Gasteiger charge is 2.19. The van der Waals surface area contributed by atoms with Gasteiger partial charge in [-0.1, -0.05) is 17.7 Å². The lowest BCUT2D eigenvalue weighted by Gasteiger charge is -2.22. The number of benzene rings is 2. The van der Waals surface area contributed by atoms with Crippen molar-refractivity contribution in [3.63, 3.8) is 0 Å². The highest BCUT2D eigenvalue weighted by Crippen LogP contribution is 2.33. The van der Waals surface area contributed by atoms with Crippen molar-refractivity contribution in [2.45, 2.75) is 30.0 Å². The molecule has 3 rings (SSSR count). The van der Waals surface area contributed by atoms with E-state index in [0.717, 1.165) is 22.0 Å². The molecule has 0 radical (unpaired) electrons. The second-order valence-electron chi connectivity index (χ2n) is 5.85. The molecule has 1 heterocycles. The van der Waals surface area contributed by atoms with Crippen molar-refractivity contribution in [1.29, 1.82) is 0 Å². The van der Waals surface area contributed by atoms with Crippen LogP contribution in [0.1, 0.15) is 25.5 Å². The van der Waals surface area contributed by atoms with Gasteiger partial charge in [0.2, 0.25) is 5.91 Å². The van der Waals surface area contributed by atoms with Crippen LogP contribution in [0.5, 0.6) is 11.5 Å². The Labute approximate surface area is 156 Å². The Hall–Kier alpha value is -1.85. The summed E-state index contributed by atoms with van der Waals surface area (Å²) in [6.07, 6.45) is 0. The van der Waals surface area contributed by atoms with Crippen molar-refractivity contribution in [1.82, 2.24) is 5.32 Å². The first kappa shape index (κ1) is 18.0. The molecule has 0 spiro atoms. The van der Waals surface area contributed by atoms with Crippen molar-refractivity contribution in [2.75, 3.05) is 13.2 Å². The number of rotatable bonds is 5. The molecule has 132 valence electrons. The Morgan fingerprint density at radius 3 is 2.48 bits per heavy atom. The largest absolute Gasteiger partial charge is 0.486 e. The molecule has 0 aromatic heterocycles. The van der Waals surface area contributed by atoms with Gasteiger partial charge in [-0.25, -0.2) is 0 Å². The molecule has 0 aliphatic carbocycles. The Kier molecular flexibility index (Phi) is 5.76. The number of carbonyl (C=O) groups excluding carboxylic acids is 1. The SMILES string of the molecule is C[C@H](Sc1ccc(Cl)cc1)C(=O)N[C@H](C)c1ccc2c(c1)OCCO2. The molecular weight excluding hydrogens is 358 g/mol. The summed E-state index contributed by atoms with van der Waals surface area (Å²) in [7, 11) is 0. The Bertz CT molecular complexity index is 751. The van der Waals surface area contributed by atoms with Crippen LogP contribution in [-0.4, -0.2) is 24.4 Å². The van der Waals surface area contributed by atoms with Crippen molar-refractivity contribution in [3.05, 3.63) is 53.1 Å². The summed E-state index contributed by atoms with van der Waals surface area (Å²) in [6, 6.07) is 13.1. The van der Waals surface area contributed by atoms with Gasteiger partial charge in [-0.15, -0.1) is 11.8 Å². The average molecular weight is 378 g/mol. The number of nitrogens with one attached hydrogen (secondary N) is 1. The van der Waals surface area contributed by atoms with E-state index in [1.165, 1.54) is 11.8 Å². The maximum atomic E-state index is 12.5. The number of hydrogen-bond acceptors (Lipinski definition) is 4. The van der Waals surface area contributed by atoms with E-state index in [2.05, 4.69) is 5.32 Å². The molecule has 4 nitrogen and oxygen atoms in total. The van der Waals surface area contributed by atoms with E-state index in [1.54, 1.807) is 0 Å². The molecule has 2 aromatic carbocycles. The molecule has 0 unspecified atom stereocenters. The van der Waals surface area contributed by atoms with Gasteiger partial charge in [0.15, 0.2) is 11.5 Å². The third kappa shape index (κ3) is 4.61. The summed E-state index contributed by atoms with van der Waals surface area (Å²) < 4.78 is 11.1. The van der Waals surface area contributed by atoms with E-state index < -0.39 is 0 Å². The summed E-state index contributed by atoms with van der Waals surface area (Å²) in [4.78, 5) is 13.5. The van der Waals surface area contributed by atoms with Gasteiger partial charge < -0.3 is 14.8 Å². The van der Waals surface area contributed by atoms with Gasteiger partial charge in [0.25, 0.3) is 0 Å². The molecular formula is C19H20ClNO3S. The van der Waals surface area contributed by atoms with Gasteiger partial charge in [0.05, 0.1) is 11.3 Å². The van der Waals surface area contributed by atoms with Gasteiger partial charge >= 0.3 is 0 Å². The number of halogens is 1. The Morgan fingerprint density at radius 2 is 1.76 bits per heavy atom. The molecule has 0 saturated heterocycles. The lowest BCUT2D eigenvalue weighted by Crippen LogP contribution is -2.33. The van der Waals surface area contributed by atoms with Crippen LogP contribution < -0.4 is 14.8 Å². The number of hydrogen-bond donors (Lipinski definition) is 1. The smallest absolute Gasteiger partial charge is 0.233 e. The predicted molar refractivity (Wildman–Crippen MR) is 101 cm³/mol. The number of amides is 1. The van der Waals surface area contributed by atoms with E-state index in [9.17, 15) is 4.79 Å². The summed E-state index contributed by atoms with van der Waals surface area (Å²) >= 11 is 7.40. The average Bonchev–Trinajstić information content (AvgIpc) is 2.63.